The van der Waals surface area contributed by atoms with Crippen LogP contribution in [-0.2, 0) is 11.8 Å². The summed E-state index contributed by atoms with van der Waals surface area (Å²) in [7, 11) is 3.14. The number of nitrogens with one attached hydrogen (secondary N) is 1. The summed E-state index contributed by atoms with van der Waals surface area (Å²) >= 11 is 0. The predicted octanol–water partition coefficient (Wildman–Crippen LogP) is -0.433. The van der Waals surface area contributed by atoms with E-state index < -0.39 is 18.8 Å². The zero-order chi connectivity index (χ0) is 17.9. The Morgan fingerprint density at radius 1 is 1.50 bits per heavy atom. The first-order valence-corrected chi connectivity index (χ1v) is 7.21. The fourth-order valence-electron chi connectivity index (χ4n) is 2.31. The molecular weight excluding hydrogens is 329 g/mol. The van der Waals surface area contributed by atoms with E-state index in [0.29, 0.717) is 18.8 Å². The maximum Gasteiger partial charge on any atom is 0.416 e. The lowest BCUT2D eigenvalue weighted by molar-refractivity contribution is -0.201. The van der Waals surface area contributed by atoms with Gasteiger partial charge in [0.2, 0.25) is 5.91 Å². The van der Waals surface area contributed by atoms with E-state index in [4.69, 9.17) is 5.11 Å². The van der Waals surface area contributed by atoms with Crippen LogP contribution in [0.2, 0.25) is 0 Å². The number of halogens is 3. The van der Waals surface area contributed by atoms with Gasteiger partial charge in [-0.15, -0.1) is 0 Å². The summed E-state index contributed by atoms with van der Waals surface area (Å²) in [6.45, 7) is -0.0145. The number of carbonyl (C=O) groups is 1. The number of aliphatic hydroxyl groups is 1. The van der Waals surface area contributed by atoms with Gasteiger partial charge in [0.1, 0.15) is 6.54 Å². The minimum atomic E-state index is -4.71. The minimum absolute atomic E-state index is 0.0311. The number of hydrogen-bond donors (Lipinski definition) is 2. The van der Waals surface area contributed by atoms with Crippen molar-refractivity contribution in [3.63, 3.8) is 0 Å². The van der Waals surface area contributed by atoms with Gasteiger partial charge in [-0.1, -0.05) is 0 Å². The second-order valence-corrected chi connectivity index (χ2v) is 5.32. The van der Waals surface area contributed by atoms with Gasteiger partial charge in [-0.05, 0) is 0 Å². The number of carbonyl (C=O) groups excluding carboxylic acids is 1. The van der Waals surface area contributed by atoms with Crippen LogP contribution in [0.4, 0.5) is 18.9 Å². The molecule has 0 saturated carbocycles. The van der Waals surface area contributed by atoms with Crippen molar-refractivity contribution >= 4 is 17.6 Å². The van der Waals surface area contributed by atoms with E-state index in [1.54, 1.807) is 29.0 Å². The molecule has 1 unspecified atom stereocenters. The lowest BCUT2D eigenvalue weighted by Gasteiger charge is -2.35. The maximum absolute atomic E-state index is 12.3. The highest BCUT2D eigenvalue weighted by molar-refractivity contribution is 5.98. The standard InChI is InChI=1S/C13H19F3N6O2/c1-17-12(18-6-10(23)13(14,15)16)21-3-4-22(11(24)8-21)9-5-19-20(2)7-9/h5,7,10,23H,3-4,6,8H2,1-2H3,(H,17,18). The fourth-order valence-corrected chi connectivity index (χ4v) is 2.31. The highest BCUT2D eigenvalue weighted by atomic mass is 19.4. The van der Waals surface area contributed by atoms with Crippen molar-refractivity contribution < 1.29 is 23.1 Å². The van der Waals surface area contributed by atoms with Crippen LogP contribution in [0.25, 0.3) is 0 Å². The number of hydrogen-bond acceptors (Lipinski definition) is 4. The molecule has 1 fully saturated rings. The van der Waals surface area contributed by atoms with Crippen LogP contribution >= 0.6 is 0 Å². The van der Waals surface area contributed by atoms with Gasteiger partial charge >= 0.3 is 6.18 Å². The Labute approximate surface area is 136 Å². The average molecular weight is 348 g/mol. The van der Waals surface area contributed by atoms with Gasteiger partial charge in [-0.2, -0.15) is 18.3 Å². The number of amides is 1. The second kappa shape index (κ2) is 7.07. The quantitative estimate of drug-likeness (QED) is 0.572. The number of aromatic nitrogens is 2. The van der Waals surface area contributed by atoms with Gasteiger partial charge in [-0.25, -0.2) is 0 Å². The van der Waals surface area contributed by atoms with Crippen LogP contribution in [0.15, 0.2) is 17.4 Å². The molecule has 1 aromatic heterocycles. The first-order valence-electron chi connectivity index (χ1n) is 7.21. The fraction of sp³-hybridized carbons (Fsp3) is 0.615. The highest BCUT2D eigenvalue weighted by Gasteiger charge is 2.38. The molecule has 1 saturated heterocycles. The highest BCUT2D eigenvalue weighted by Crippen LogP contribution is 2.19. The van der Waals surface area contributed by atoms with E-state index in [-0.39, 0.29) is 18.4 Å². The number of alkyl halides is 3. The molecule has 0 spiro atoms. The van der Waals surface area contributed by atoms with Crippen LogP contribution < -0.4 is 10.2 Å². The van der Waals surface area contributed by atoms with Gasteiger partial charge in [-0.3, -0.25) is 14.5 Å². The van der Waals surface area contributed by atoms with Crippen molar-refractivity contribution in [3.8, 4) is 0 Å². The first-order chi connectivity index (χ1) is 11.2. The van der Waals surface area contributed by atoms with E-state index in [1.165, 1.54) is 11.9 Å². The third-order valence-electron chi connectivity index (χ3n) is 3.57. The van der Waals surface area contributed by atoms with Crippen LogP contribution in [0, 0.1) is 0 Å². The Balaban J connectivity index is 1.94. The number of piperazine rings is 1. The Morgan fingerprint density at radius 3 is 2.71 bits per heavy atom. The van der Waals surface area contributed by atoms with E-state index in [2.05, 4.69) is 15.4 Å². The van der Waals surface area contributed by atoms with Crippen LogP contribution in [-0.4, -0.2) is 77.2 Å². The number of guanidine groups is 1. The second-order valence-electron chi connectivity index (χ2n) is 5.32. The van der Waals surface area contributed by atoms with Crippen LogP contribution in [0.1, 0.15) is 0 Å². The number of aliphatic imine (C=N–C) groups is 1. The summed E-state index contributed by atoms with van der Waals surface area (Å²) in [5.74, 6) is -0.0777. The average Bonchev–Trinajstić information content (AvgIpc) is 2.93. The van der Waals surface area contributed by atoms with Crippen molar-refractivity contribution in [2.45, 2.75) is 12.3 Å². The molecule has 24 heavy (non-hydrogen) atoms. The summed E-state index contributed by atoms with van der Waals surface area (Å²) < 4.78 is 38.6. The minimum Gasteiger partial charge on any atom is -0.382 e. The van der Waals surface area contributed by atoms with Gasteiger partial charge < -0.3 is 20.2 Å². The zero-order valence-electron chi connectivity index (χ0n) is 13.3. The van der Waals surface area contributed by atoms with E-state index in [0.717, 1.165) is 0 Å². The molecule has 1 aliphatic rings. The summed E-state index contributed by atoms with van der Waals surface area (Å²) in [6.07, 6.45) is -3.93. The smallest absolute Gasteiger partial charge is 0.382 e. The summed E-state index contributed by atoms with van der Waals surface area (Å²) in [4.78, 5) is 19.2. The molecule has 2 N–H and O–H groups in total. The normalized spacial score (nSPS) is 18.1. The van der Waals surface area contributed by atoms with Crippen LogP contribution in [0.3, 0.4) is 0 Å². The number of rotatable bonds is 3. The van der Waals surface area contributed by atoms with Crippen LogP contribution in [0.5, 0.6) is 0 Å². The molecule has 1 aromatic rings. The Kier molecular flexibility index (Phi) is 5.32. The molecule has 1 amide bonds. The predicted molar refractivity (Wildman–Crippen MR) is 80.6 cm³/mol. The number of aliphatic hydroxyl groups excluding tert-OH is 1. The molecule has 0 bridgehead atoms. The summed E-state index contributed by atoms with van der Waals surface area (Å²) in [5, 5.41) is 15.5. The SMILES string of the molecule is CN=C(NCC(O)C(F)(F)F)N1CCN(c2cnn(C)c2)C(=O)C1. The Bertz CT molecular complexity index is 615. The maximum atomic E-state index is 12.3. The Morgan fingerprint density at radius 2 is 2.21 bits per heavy atom. The van der Waals surface area contributed by atoms with Gasteiger partial charge in [0.25, 0.3) is 0 Å². The lowest BCUT2D eigenvalue weighted by Crippen LogP contribution is -2.56. The van der Waals surface area contributed by atoms with Gasteiger partial charge in [0.05, 0.1) is 18.4 Å². The molecule has 8 nitrogen and oxygen atoms in total. The van der Waals surface area contributed by atoms with E-state index >= 15 is 0 Å². The van der Waals surface area contributed by atoms with Crippen molar-refractivity contribution in [1.29, 1.82) is 0 Å². The molecule has 2 rings (SSSR count). The van der Waals surface area contributed by atoms with E-state index in [9.17, 15) is 18.0 Å². The topological polar surface area (TPSA) is 86.0 Å². The number of nitrogens with zero attached hydrogens (tertiary/aromatic N) is 5. The molecule has 1 aliphatic heterocycles. The van der Waals surface area contributed by atoms with E-state index in [1.807, 2.05) is 0 Å². The first kappa shape index (κ1) is 18.0. The number of aryl methyl sites for hydroxylation is 1. The largest absolute Gasteiger partial charge is 0.416 e. The molecule has 1 atom stereocenters. The van der Waals surface area contributed by atoms with Crippen molar-refractivity contribution in [3.05, 3.63) is 12.4 Å². The van der Waals surface area contributed by atoms with Gasteiger partial charge in [0, 0.05) is 33.4 Å². The third kappa shape index (κ3) is 4.16. The molecule has 134 valence electrons. The summed E-state index contributed by atoms with van der Waals surface area (Å²) in [5.41, 5.74) is 0.664. The lowest BCUT2D eigenvalue weighted by atomic mass is 10.3. The molecule has 11 heteroatoms. The number of anilines is 1. The van der Waals surface area contributed by atoms with Gasteiger partial charge in [0.15, 0.2) is 12.1 Å². The monoisotopic (exact) mass is 348 g/mol. The third-order valence-corrected chi connectivity index (χ3v) is 3.57. The zero-order valence-corrected chi connectivity index (χ0v) is 13.3. The Hall–Kier alpha value is -2.30. The molecular formula is C13H19F3N6O2. The molecule has 0 radical (unpaired) electrons. The van der Waals surface area contributed by atoms with Crippen molar-refractivity contribution in [2.75, 3.05) is 38.1 Å². The van der Waals surface area contributed by atoms with Crippen molar-refractivity contribution in [2.24, 2.45) is 12.0 Å². The molecule has 2 heterocycles. The summed E-state index contributed by atoms with van der Waals surface area (Å²) in [6, 6.07) is 0. The van der Waals surface area contributed by atoms with Crippen molar-refractivity contribution in [1.82, 2.24) is 20.0 Å². The molecule has 0 aliphatic carbocycles. The molecule has 0 aromatic carbocycles.